The Balaban J connectivity index is 2.20. The number of aryl methyl sites for hydroxylation is 1. The maximum Gasteiger partial charge on any atom is 0.0448 e. The molecule has 0 amide bonds. The van der Waals surface area contributed by atoms with Crippen molar-refractivity contribution in [1.29, 1.82) is 0 Å². The number of fused-ring (bicyclic) bond motifs is 1. The molecular formula is C12H17NO. The van der Waals surface area contributed by atoms with Gasteiger partial charge in [-0.25, -0.2) is 0 Å². The SMILES string of the molecule is NC1(CCO)CCc2ccccc2C1. The first-order chi connectivity index (χ1) is 6.73. The lowest BCUT2D eigenvalue weighted by atomic mass is 9.77. The Kier molecular flexibility index (Phi) is 2.57. The molecule has 2 heteroatoms. The molecule has 0 aliphatic heterocycles. The van der Waals surface area contributed by atoms with Crippen LogP contribution in [0.15, 0.2) is 24.3 Å². The Morgan fingerprint density at radius 2 is 2.00 bits per heavy atom. The summed E-state index contributed by atoms with van der Waals surface area (Å²) in [6.07, 6.45) is 3.66. The minimum Gasteiger partial charge on any atom is -0.396 e. The lowest BCUT2D eigenvalue weighted by molar-refractivity contribution is 0.225. The van der Waals surface area contributed by atoms with E-state index in [9.17, 15) is 0 Å². The molecular weight excluding hydrogens is 174 g/mol. The number of aliphatic hydroxyl groups is 1. The molecule has 2 rings (SSSR count). The Morgan fingerprint density at radius 3 is 2.71 bits per heavy atom. The van der Waals surface area contributed by atoms with Crippen LogP contribution in [0.3, 0.4) is 0 Å². The first-order valence-corrected chi connectivity index (χ1v) is 5.20. The van der Waals surface area contributed by atoms with Gasteiger partial charge < -0.3 is 10.8 Å². The molecule has 1 aliphatic carbocycles. The summed E-state index contributed by atoms with van der Waals surface area (Å²) in [6, 6.07) is 8.46. The van der Waals surface area contributed by atoms with E-state index in [1.807, 2.05) is 0 Å². The zero-order valence-electron chi connectivity index (χ0n) is 8.37. The molecule has 1 aliphatic rings. The quantitative estimate of drug-likeness (QED) is 0.739. The van der Waals surface area contributed by atoms with Crippen molar-refractivity contribution < 1.29 is 5.11 Å². The van der Waals surface area contributed by atoms with E-state index in [0.29, 0.717) is 6.42 Å². The van der Waals surface area contributed by atoms with Crippen LogP contribution in [0.4, 0.5) is 0 Å². The minimum absolute atomic E-state index is 0.177. The highest BCUT2D eigenvalue weighted by Gasteiger charge is 2.29. The number of benzene rings is 1. The van der Waals surface area contributed by atoms with Gasteiger partial charge in [-0.1, -0.05) is 24.3 Å². The predicted octanol–water partition coefficient (Wildman–Crippen LogP) is 1.26. The van der Waals surface area contributed by atoms with Gasteiger partial charge in [0.15, 0.2) is 0 Å². The van der Waals surface area contributed by atoms with E-state index in [0.717, 1.165) is 19.3 Å². The predicted molar refractivity (Wildman–Crippen MR) is 57.1 cm³/mol. The van der Waals surface area contributed by atoms with Crippen molar-refractivity contribution in [2.75, 3.05) is 6.61 Å². The summed E-state index contributed by atoms with van der Waals surface area (Å²) in [7, 11) is 0. The second kappa shape index (κ2) is 3.71. The van der Waals surface area contributed by atoms with Gasteiger partial charge in [0.2, 0.25) is 0 Å². The summed E-state index contributed by atoms with van der Waals surface area (Å²) in [6.45, 7) is 0.193. The molecule has 14 heavy (non-hydrogen) atoms. The number of rotatable bonds is 2. The van der Waals surface area contributed by atoms with Gasteiger partial charge in [-0.2, -0.15) is 0 Å². The van der Waals surface area contributed by atoms with E-state index in [1.165, 1.54) is 11.1 Å². The fourth-order valence-corrected chi connectivity index (χ4v) is 2.26. The Bertz CT molecular complexity index is 324. The van der Waals surface area contributed by atoms with Crippen molar-refractivity contribution in [3.05, 3.63) is 35.4 Å². The average molecular weight is 191 g/mol. The van der Waals surface area contributed by atoms with Crippen LogP contribution in [0, 0.1) is 0 Å². The fourth-order valence-electron chi connectivity index (χ4n) is 2.26. The highest BCUT2D eigenvalue weighted by atomic mass is 16.3. The van der Waals surface area contributed by atoms with Crippen LogP contribution in [-0.4, -0.2) is 17.3 Å². The maximum absolute atomic E-state index is 8.95. The largest absolute Gasteiger partial charge is 0.396 e. The fraction of sp³-hybridized carbons (Fsp3) is 0.500. The Morgan fingerprint density at radius 1 is 1.29 bits per heavy atom. The molecule has 0 heterocycles. The van der Waals surface area contributed by atoms with Crippen LogP contribution in [0.5, 0.6) is 0 Å². The van der Waals surface area contributed by atoms with Crippen molar-refractivity contribution in [2.24, 2.45) is 5.73 Å². The van der Waals surface area contributed by atoms with Crippen molar-refractivity contribution in [2.45, 2.75) is 31.2 Å². The molecule has 0 saturated carbocycles. The van der Waals surface area contributed by atoms with E-state index < -0.39 is 0 Å². The molecule has 0 fully saturated rings. The summed E-state index contributed by atoms with van der Waals surface area (Å²) < 4.78 is 0. The Hall–Kier alpha value is -0.860. The zero-order chi connectivity index (χ0) is 10.0. The summed E-state index contributed by atoms with van der Waals surface area (Å²) >= 11 is 0. The van der Waals surface area contributed by atoms with E-state index in [-0.39, 0.29) is 12.1 Å². The molecule has 0 bridgehead atoms. The third-order valence-electron chi connectivity index (χ3n) is 3.16. The van der Waals surface area contributed by atoms with Gasteiger partial charge in [0.25, 0.3) is 0 Å². The molecule has 0 saturated heterocycles. The summed E-state index contributed by atoms with van der Waals surface area (Å²) in [5, 5.41) is 8.95. The standard InChI is InChI=1S/C12H17NO/c13-12(7-8-14)6-5-10-3-1-2-4-11(10)9-12/h1-4,14H,5-9,13H2. The molecule has 1 aromatic carbocycles. The molecule has 0 aromatic heterocycles. The van der Waals surface area contributed by atoms with Gasteiger partial charge in [0.1, 0.15) is 0 Å². The van der Waals surface area contributed by atoms with Crippen LogP contribution >= 0.6 is 0 Å². The zero-order valence-corrected chi connectivity index (χ0v) is 8.37. The molecule has 0 spiro atoms. The van der Waals surface area contributed by atoms with Crippen LogP contribution in [0.2, 0.25) is 0 Å². The number of hydrogen-bond acceptors (Lipinski definition) is 2. The monoisotopic (exact) mass is 191 g/mol. The molecule has 0 radical (unpaired) electrons. The molecule has 1 atom stereocenters. The topological polar surface area (TPSA) is 46.2 Å². The van der Waals surface area contributed by atoms with Gasteiger partial charge in [-0.05, 0) is 36.8 Å². The van der Waals surface area contributed by atoms with Gasteiger partial charge in [-0.3, -0.25) is 0 Å². The minimum atomic E-state index is -0.177. The third-order valence-corrected chi connectivity index (χ3v) is 3.16. The highest BCUT2D eigenvalue weighted by Crippen LogP contribution is 2.28. The third kappa shape index (κ3) is 1.81. The molecule has 1 aromatic rings. The normalized spacial score (nSPS) is 25.9. The molecule has 3 N–H and O–H groups in total. The molecule has 1 unspecified atom stereocenters. The lowest BCUT2D eigenvalue weighted by Gasteiger charge is -2.34. The van der Waals surface area contributed by atoms with E-state index in [2.05, 4.69) is 24.3 Å². The van der Waals surface area contributed by atoms with Crippen molar-refractivity contribution in [1.82, 2.24) is 0 Å². The van der Waals surface area contributed by atoms with Crippen LogP contribution in [0.1, 0.15) is 24.0 Å². The van der Waals surface area contributed by atoms with Gasteiger partial charge in [-0.15, -0.1) is 0 Å². The highest BCUT2D eigenvalue weighted by molar-refractivity contribution is 5.31. The van der Waals surface area contributed by atoms with Crippen molar-refractivity contribution in [3.8, 4) is 0 Å². The smallest absolute Gasteiger partial charge is 0.0448 e. The number of hydrogen-bond donors (Lipinski definition) is 2. The van der Waals surface area contributed by atoms with Crippen LogP contribution in [0.25, 0.3) is 0 Å². The summed E-state index contributed by atoms with van der Waals surface area (Å²) in [4.78, 5) is 0. The van der Waals surface area contributed by atoms with E-state index in [1.54, 1.807) is 0 Å². The second-order valence-electron chi connectivity index (χ2n) is 4.28. The van der Waals surface area contributed by atoms with E-state index >= 15 is 0 Å². The van der Waals surface area contributed by atoms with Crippen molar-refractivity contribution in [3.63, 3.8) is 0 Å². The van der Waals surface area contributed by atoms with Crippen LogP contribution < -0.4 is 5.73 Å². The van der Waals surface area contributed by atoms with Gasteiger partial charge in [0.05, 0.1) is 0 Å². The van der Waals surface area contributed by atoms with Crippen LogP contribution in [-0.2, 0) is 12.8 Å². The van der Waals surface area contributed by atoms with Gasteiger partial charge in [0, 0.05) is 12.1 Å². The number of nitrogens with two attached hydrogens (primary N) is 1. The summed E-state index contributed by atoms with van der Waals surface area (Å²) in [5.41, 5.74) is 8.83. The number of aliphatic hydroxyl groups excluding tert-OH is 1. The summed E-state index contributed by atoms with van der Waals surface area (Å²) in [5.74, 6) is 0. The maximum atomic E-state index is 8.95. The second-order valence-corrected chi connectivity index (χ2v) is 4.28. The average Bonchev–Trinajstić information content (AvgIpc) is 2.17. The first kappa shape index (κ1) is 9.69. The first-order valence-electron chi connectivity index (χ1n) is 5.20. The molecule has 2 nitrogen and oxygen atoms in total. The van der Waals surface area contributed by atoms with Gasteiger partial charge >= 0.3 is 0 Å². The van der Waals surface area contributed by atoms with Crippen molar-refractivity contribution >= 4 is 0 Å². The lowest BCUT2D eigenvalue weighted by Crippen LogP contribution is -2.45. The molecule has 76 valence electrons. The van der Waals surface area contributed by atoms with E-state index in [4.69, 9.17) is 10.8 Å². The Labute approximate surface area is 84.7 Å².